The fourth-order valence-electron chi connectivity index (χ4n) is 19.5. The third kappa shape index (κ3) is 19.6. The molecule has 0 bridgehead atoms. The van der Waals surface area contributed by atoms with Crippen molar-refractivity contribution in [1.82, 2.24) is 0 Å². The van der Waals surface area contributed by atoms with E-state index in [9.17, 15) is 24.6 Å². The summed E-state index contributed by atoms with van der Waals surface area (Å²) < 4.78 is 28.6. The average molecular weight is 1450 g/mol. The van der Waals surface area contributed by atoms with Crippen LogP contribution >= 0.6 is 31.9 Å². The van der Waals surface area contributed by atoms with Gasteiger partial charge in [-0.15, -0.1) is 18.9 Å². The number of carbonyl (C=O) groups excluding carboxylic acids is 3. The summed E-state index contributed by atoms with van der Waals surface area (Å²) in [5, 5.41) is 20.2. The number of cyclic esters (lactones) is 3. The number of rotatable bonds is 18. The minimum Gasteiger partial charge on any atom is -0.459 e. The van der Waals surface area contributed by atoms with Gasteiger partial charge < -0.3 is 33.3 Å². The molecule has 2 N–H and O–H groups in total. The highest BCUT2D eigenvalue weighted by atomic mass is 79.9. The monoisotopic (exact) mass is 1440 g/mol. The third-order valence-electron chi connectivity index (χ3n) is 23.8. The van der Waals surface area contributed by atoms with Crippen molar-refractivity contribution in [2.75, 3.05) is 0 Å². The van der Waals surface area contributed by atoms with Crippen LogP contribution in [0.1, 0.15) is 203 Å². The fraction of sp³-hybridized carbons (Fsp3) is 0.709. The summed E-state index contributed by atoms with van der Waals surface area (Å²) in [6.07, 6.45) is 39.8. The van der Waals surface area contributed by atoms with E-state index in [0.717, 1.165) is 84.5 Å². The minimum absolute atomic E-state index is 0.0000665. The smallest absolute Gasteiger partial charge is 0.334 e. The molecule has 10 aliphatic rings. The molecule has 3 heterocycles. The van der Waals surface area contributed by atoms with E-state index in [2.05, 4.69) is 160 Å². The highest BCUT2D eigenvalue weighted by Crippen LogP contribution is 2.63. The SMILES string of the molecule is C#CC[C@H](C[C@@H](C=C)O[Si](C)(C)C)O[Si](C)(C)C.C=C1/C(=C\C=C2/CCC[C@@]3(C)C2CC[C@@H]3[C@H](C)C[C@@H]2C=C(C)C(=O)O2)C[C@@H](O)C[C@@H]1O.C=C1C[C@@H](C[C@@H](C)[C@H]2CCC3/C(=C/Br)CCC[C@@]32C)OC1=O.CC1=C[C@@H](C[C@@H](C)[C@H]2CCC3/C(=C/Br)CCC[C@@]32C)OC1=O. The molecule has 0 radical (unpaired) electrons. The van der Waals surface area contributed by atoms with E-state index in [1.165, 1.54) is 95.5 Å². The van der Waals surface area contributed by atoms with Crippen LogP contribution in [0.15, 0.2) is 105 Å². The van der Waals surface area contributed by atoms with E-state index < -0.39 is 28.8 Å². The summed E-state index contributed by atoms with van der Waals surface area (Å²) in [4.78, 5) is 39.2. The lowest BCUT2D eigenvalue weighted by atomic mass is 9.60. The van der Waals surface area contributed by atoms with E-state index >= 15 is 0 Å². The molecule has 14 heteroatoms. The number of halogens is 2. The van der Waals surface area contributed by atoms with Crippen LogP contribution in [0.2, 0.25) is 39.3 Å². The number of carbonyl (C=O) groups is 3. The second kappa shape index (κ2) is 33.1. The van der Waals surface area contributed by atoms with Crippen molar-refractivity contribution in [2.24, 2.45) is 69.5 Å². The zero-order chi connectivity index (χ0) is 68.5. The van der Waals surface area contributed by atoms with E-state index in [1.54, 1.807) is 11.1 Å². The van der Waals surface area contributed by atoms with Gasteiger partial charge in [-0.05, 0) is 278 Å². The lowest BCUT2D eigenvalue weighted by Crippen LogP contribution is -2.37. The Labute approximate surface area is 581 Å². The van der Waals surface area contributed by atoms with E-state index in [1.807, 2.05) is 32.1 Å². The molecule has 518 valence electrons. The van der Waals surface area contributed by atoms with Gasteiger partial charge in [0.1, 0.15) is 18.3 Å². The van der Waals surface area contributed by atoms with Gasteiger partial charge in [-0.2, -0.15) is 0 Å². The highest BCUT2D eigenvalue weighted by molar-refractivity contribution is 9.11. The standard InChI is InChI=1S/C27H38O4.2C19H27BrO2.C14H28O2Si2/c1-16(12-22-13-17(2)26(30)31-22)23-9-10-24-19(6-5-11-27(23,24)4)7-8-20-14-21(28)15-25(29)18(20)3;2*1-12(9-15-10-13(2)18(21)22-15)16-6-7-17-14(11-20)5-4-8-19(16,17)3;1-9-11-14(16-18(6,7)8)12-13(10-2)15-17(3,4)5/h7-8,13,16,21-25,28-29H,3,5-6,9-12,14-15H2,1-2,4H3;10-12,15-17H,4-9H2,1-3H3;11-12,15-17H,2,4-10H2,1,3H3;1,10,13-14H,2,11-12H2,3-8H3/b19-7+,20-8-;2*14-11+;/t16-,21-,22-,23-,24?,25+,27-;2*12-,15-,16-,17?,19-;13-,14-/m1111/s1. The van der Waals surface area contributed by atoms with Crippen LogP contribution in [0.3, 0.4) is 0 Å². The van der Waals surface area contributed by atoms with Gasteiger partial charge in [0.15, 0.2) is 16.6 Å². The number of hydrogen-bond acceptors (Lipinski definition) is 10. The van der Waals surface area contributed by atoms with Gasteiger partial charge in [0.25, 0.3) is 0 Å². The molecule has 0 aromatic carbocycles. The molecular formula is C79H120Br2O10Si2. The Morgan fingerprint density at radius 3 is 1.48 bits per heavy atom. The molecule has 0 aromatic heterocycles. The lowest BCUT2D eigenvalue weighted by Gasteiger charge is -2.44. The average Bonchev–Trinajstić information content (AvgIpc) is 1.64. The number of fused-ring (bicyclic) bond motifs is 3. The molecule has 7 saturated carbocycles. The molecule has 19 atom stereocenters. The summed E-state index contributed by atoms with van der Waals surface area (Å²) in [6.45, 7) is 43.0. The van der Waals surface area contributed by atoms with Gasteiger partial charge in [-0.25, -0.2) is 14.4 Å². The number of esters is 3. The van der Waals surface area contributed by atoms with Crippen LogP contribution in [0.5, 0.6) is 0 Å². The zero-order valence-corrected chi connectivity index (χ0v) is 64.8. The summed E-state index contributed by atoms with van der Waals surface area (Å²) in [7, 11) is -3.13. The topological polar surface area (TPSA) is 138 Å². The van der Waals surface area contributed by atoms with Crippen molar-refractivity contribution >= 4 is 66.4 Å². The summed E-state index contributed by atoms with van der Waals surface area (Å²) in [5.74, 6) is 8.14. The van der Waals surface area contributed by atoms with Crippen molar-refractivity contribution in [3.05, 3.63) is 105 Å². The summed E-state index contributed by atoms with van der Waals surface area (Å²) in [5.41, 5.74) is 9.79. The largest absolute Gasteiger partial charge is 0.459 e. The molecule has 0 spiro atoms. The van der Waals surface area contributed by atoms with E-state index in [4.69, 9.17) is 29.5 Å². The Bertz CT molecular complexity index is 2900. The Morgan fingerprint density at radius 2 is 1.10 bits per heavy atom. The molecule has 0 amide bonds. The van der Waals surface area contributed by atoms with Crippen LogP contribution < -0.4 is 0 Å². The molecular weight excluding hydrogens is 1320 g/mol. The second-order valence-electron chi connectivity index (χ2n) is 32.8. The molecule has 3 unspecified atom stereocenters. The van der Waals surface area contributed by atoms with Gasteiger partial charge in [0.2, 0.25) is 0 Å². The number of aliphatic hydroxyl groups excluding tert-OH is 2. The first kappa shape index (κ1) is 77.2. The maximum atomic E-state index is 11.7. The van der Waals surface area contributed by atoms with Crippen molar-refractivity contribution < 1.29 is 47.7 Å². The molecule has 7 aliphatic carbocycles. The highest BCUT2D eigenvalue weighted by Gasteiger charge is 2.54. The fourth-order valence-corrected chi connectivity index (χ4v) is 22.9. The second-order valence-corrected chi connectivity index (χ2v) is 42.6. The van der Waals surface area contributed by atoms with E-state index in [-0.39, 0.29) is 53.8 Å². The number of hydrogen-bond donors (Lipinski definition) is 2. The van der Waals surface area contributed by atoms with Gasteiger partial charge in [-0.3, -0.25) is 0 Å². The van der Waals surface area contributed by atoms with Crippen LogP contribution in [0.25, 0.3) is 0 Å². The maximum absolute atomic E-state index is 11.7. The predicted octanol–water partition coefficient (Wildman–Crippen LogP) is 19.8. The molecule has 10 rings (SSSR count). The van der Waals surface area contributed by atoms with Crippen LogP contribution in [-0.2, 0) is 37.4 Å². The van der Waals surface area contributed by atoms with Crippen molar-refractivity contribution in [3.63, 3.8) is 0 Å². The maximum Gasteiger partial charge on any atom is 0.334 e. The molecule has 3 aliphatic heterocycles. The van der Waals surface area contributed by atoms with E-state index in [0.29, 0.717) is 65.3 Å². The number of aliphatic hydroxyl groups is 2. The minimum atomic E-state index is -1.57. The van der Waals surface area contributed by atoms with Crippen LogP contribution in [0, 0.1) is 81.8 Å². The Kier molecular flexibility index (Phi) is 27.5. The number of ether oxygens (including phenoxy) is 3. The van der Waals surface area contributed by atoms with Gasteiger partial charge in [0, 0.05) is 42.4 Å². The van der Waals surface area contributed by atoms with Crippen LogP contribution in [0.4, 0.5) is 0 Å². The first-order valence-electron chi connectivity index (χ1n) is 35.8. The van der Waals surface area contributed by atoms with Gasteiger partial charge >= 0.3 is 17.9 Å². The number of allylic oxidation sites excluding steroid dienone is 5. The summed E-state index contributed by atoms with van der Waals surface area (Å²) >= 11 is 7.17. The number of terminal acetylenes is 1. The third-order valence-corrected chi connectivity index (χ3v) is 27.0. The molecule has 1 saturated heterocycles. The van der Waals surface area contributed by atoms with Gasteiger partial charge in [-0.1, -0.05) is 122 Å². The Hall–Kier alpha value is -3.14. The van der Waals surface area contributed by atoms with Crippen LogP contribution in [-0.4, -0.2) is 87.5 Å². The first-order valence-corrected chi connectivity index (χ1v) is 44.4. The van der Waals surface area contributed by atoms with Crippen molar-refractivity contribution in [2.45, 2.75) is 285 Å². The van der Waals surface area contributed by atoms with Crippen molar-refractivity contribution in [3.8, 4) is 12.3 Å². The normalized spacial score (nSPS) is 36.7. The molecule has 8 fully saturated rings. The molecule has 93 heavy (non-hydrogen) atoms. The predicted molar refractivity (Wildman–Crippen MR) is 392 cm³/mol. The molecule has 0 aromatic rings. The zero-order valence-electron chi connectivity index (χ0n) is 59.7. The Balaban J connectivity index is 0.000000180. The molecule has 10 nitrogen and oxygen atoms in total. The summed E-state index contributed by atoms with van der Waals surface area (Å²) in [6, 6.07) is 0. The van der Waals surface area contributed by atoms with Crippen molar-refractivity contribution in [1.29, 1.82) is 0 Å². The lowest BCUT2D eigenvalue weighted by molar-refractivity contribution is -0.141. The first-order chi connectivity index (χ1) is 43.7. The Morgan fingerprint density at radius 1 is 0.656 bits per heavy atom. The van der Waals surface area contributed by atoms with Gasteiger partial charge in [0.05, 0.1) is 24.4 Å². The quantitative estimate of drug-likeness (QED) is 0.0341.